The summed E-state index contributed by atoms with van der Waals surface area (Å²) < 4.78 is 47.0. The number of carbonyl (C=O) groups is 1. The van der Waals surface area contributed by atoms with Crippen molar-refractivity contribution >= 4 is 17.3 Å². The predicted molar refractivity (Wildman–Crippen MR) is 103 cm³/mol. The molecular weight excluding hydrogens is 397 g/mol. The minimum Gasteiger partial charge on any atom is -0.445 e. The highest BCUT2D eigenvalue weighted by Gasteiger charge is 2.38. The number of amides is 1. The van der Waals surface area contributed by atoms with Crippen LogP contribution in [0.5, 0.6) is 0 Å². The van der Waals surface area contributed by atoms with Crippen LogP contribution in [0.1, 0.15) is 24.2 Å². The fourth-order valence-corrected chi connectivity index (χ4v) is 3.80. The number of hydrogen-bond acceptors (Lipinski definition) is 4. The topological polar surface area (TPSA) is 60.2 Å². The van der Waals surface area contributed by atoms with Crippen molar-refractivity contribution < 1.29 is 22.7 Å². The average Bonchev–Trinajstić information content (AvgIpc) is 3.12. The maximum absolute atomic E-state index is 13.5. The monoisotopic (exact) mass is 418 g/mol. The third-order valence-electron chi connectivity index (χ3n) is 5.18. The maximum Gasteiger partial charge on any atom is 0.449 e. The van der Waals surface area contributed by atoms with Crippen molar-refractivity contribution in [2.24, 2.45) is 5.92 Å². The quantitative estimate of drug-likeness (QED) is 0.626. The second kappa shape index (κ2) is 8.33. The molecule has 2 aromatic heterocycles. The van der Waals surface area contributed by atoms with Gasteiger partial charge in [-0.2, -0.15) is 13.2 Å². The van der Waals surface area contributed by atoms with Crippen LogP contribution in [0.3, 0.4) is 0 Å². The molecule has 1 amide bonds. The second-order valence-corrected chi connectivity index (χ2v) is 7.38. The number of pyridine rings is 1. The SMILES string of the molecule is O=C(OCc1ccccc1)N1CCC[C@@H](Cn2c(C(F)(F)F)nc3cccnc32)C1. The first-order valence-corrected chi connectivity index (χ1v) is 9.76. The number of halogens is 3. The zero-order chi connectivity index (χ0) is 21.1. The fourth-order valence-electron chi connectivity index (χ4n) is 3.80. The van der Waals surface area contributed by atoms with Gasteiger partial charge < -0.3 is 14.2 Å². The van der Waals surface area contributed by atoms with Crippen molar-refractivity contribution in [1.29, 1.82) is 0 Å². The lowest BCUT2D eigenvalue weighted by Crippen LogP contribution is -2.41. The Hall–Kier alpha value is -3.10. The van der Waals surface area contributed by atoms with E-state index in [0.29, 0.717) is 25.9 Å². The first kappa shape index (κ1) is 20.2. The van der Waals surface area contributed by atoms with Crippen molar-refractivity contribution in [3.63, 3.8) is 0 Å². The molecule has 0 bridgehead atoms. The lowest BCUT2D eigenvalue weighted by atomic mass is 9.98. The predicted octanol–water partition coefficient (Wildman–Crippen LogP) is 4.50. The number of carbonyl (C=O) groups excluding carboxylic acids is 1. The number of likely N-dealkylation sites (tertiary alicyclic amines) is 1. The van der Waals surface area contributed by atoms with Gasteiger partial charge in [-0.05, 0) is 36.5 Å². The Bertz CT molecular complexity index is 1020. The molecule has 0 spiro atoms. The Kier molecular flexibility index (Phi) is 5.61. The van der Waals surface area contributed by atoms with E-state index in [1.54, 1.807) is 11.0 Å². The molecule has 1 saturated heterocycles. The number of nitrogens with zero attached hydrogens (tertiary/aromatic N) is 4. The summed E-state index contributed by atoms with van der Waals surface area (Å²) in [5, 5.41) is 0. The number of benzene rings is 1. The van der Waals surface area contributed by atoms with Crippen molar-refractivity contribution in [3.05, 3.63) is 60.0 Å². The molecule has 1 aromatic carbocycles. The van der Waals surface area contributed by atoms with E-state index in [9.17, 15) is 18.0 Å². The molecule has 0 aliphatic carbocycles. The maximum atomic E-state index is 13.5. The van der Waals surface area contributed by atoms with Gasteiger partial charge in [-0.25, -0.2) is 14.8 Å². The van der Waals surface area contributed by atoms with Gasteiger partial charge in [0, 0.05) is 25.8 Å². The molecule has 4 rings (SSSR count). The van der Waals surface area contributed by atoms with Gasteiger partial charge in [-0.15, -0.1) is 0 Å². The lowest BCUT2D eigenvalue weighted by molar-refractivity contribution is -0.147. The normalized spacial score (nSPS) is 17.3. The van der Waals surface area contributed by atoms with Crippen LogP contribution in [-0.2, 0) is 24.1 Å². The molecule has 30 heavy (non-hydrogen) atoms. The molecule has 3 aromatic rings. The van der Waals surface area contributed by atoms with E-state index in [2.05, 4.69) is 9.97 Å². The van der Waals surface area contributed by atoms with Gasteiger partial charge in [-0.1, -0.05) is 30.3 Å². The van der Waals surface area contributed by atoms with Crippen LogP contribution < -0.4 is 0 Å². The molecule has 0 radical (unpaired) electrons. The number of alkyl halides is 3. The number of ether oxygens (including phenoxy) is 1. The van der Waals surface area contributed by atoms with E-state index in [-0.39, 0.29) is 30.2 Å². The standard InChI is InChI=1S/C21H21F3N4O2/c22-21(23,24)19-26-17-9-4-10-25-18(17)28(19)13-16-8-5-11-27(12-16)20(29)30-14-15-6-2-1-3-7-15/h1-4,6-7,9-10,16H,5,8,11-14H2/t16-/m1/s1. The molecule has 0 unspecified atom stereocenters. The smallest absolute Gasteiger partial charge is 0.445 e. The van der Waals surface area contributed by atoms with E-state index in [1.165, 1.54) is 12.3 Å². The first-order chi connectivity index (χ1) is 14.4. The average molecular weight is 418 g/mol. The second-order valence-electron chi connectivity index (χ2n) is 7.38. The summed E-state index contributed by atoms with van der Waals surface area (Å²) >= 11 is 0. The summed E-state index contributed by atoms with van der Waals surface area (Å²) in [5.74, 6) is -1.11. The van der Waals surface area contributed by atoms with Gasteiger partial charge >= 0.3 is 12.3 Å². The summed E-state index contributed by atoms with van der Waals surface area (Å²) in [4.78, 5) is 21.8. The Labute approximate surface area is 171 Å². The molecule has 1 fully saturated rings. The zero-order valence-corrected chi connectivity index (χ0v) is 16.2. The molecular formula is C21H21F3N4O2. The summed E-state index contributed by atoms with van der Waals surface area (Å²) in [6.45, 7) is 1.11. The van der Waals surface area contributed by atoms with Gasteiger partial charge in [0.15, 0.2) is 5.65 Å². The zero-order valence-electron chi connectivity index (χ0n) is 16.2. The van der Waals surface area contributed by atoms with Gasteiger partial charge in [0.1, 0.15) is 12.1 Å². The highest BCUT2D eigenvalue weighted by molar-refractivity contribution is 5.71. The molecule has 3 heterocycles. The Morgan fingerprint density at radius 1 is 1.17 bits per heavy atom. The van der Waals surface area contributed by atoms with Crippen molar-refractivity contribution in [1.82, 2.24) is 19.4 Å². The number of aromatic nitrogens is 3. The third kappa shape index (κ3) is 4.39. The summed E-state index contributed by atoms with van der Waals surface area (Å²) in [6, 6.07) is 12.4. The number of piperidine rings is 1. The summed E-state index contributed by atoms with van der Waals surface area (Å²) in [5.41, 5.74) is 1.29. The number of imidazole rings is 1. The van der Waals surface area contributed by atoms with Crippen LogP contribution in [0.2, 0.25) is 0 Å². The number of fused-ring (bicyclic) bond motifs is 1. The molecule has 158 valence electrons. The fraction of sp³-hybridized carbons (Fsp3) is 0.381. The Balaban J connectivity index is 1.46. The third-order valence-corrected chi connectivity index (χ3v) is 5.18. The van der Waals surface area contributed by atoms with Crippen LogP contribution >= 0.6 is 0 Å². The van der Waals surface area contributed by atoms with Gasteiger partial charge in [0.2, 0.25) is 5.82 Å². The van der Waals surface area contributed by atoms with Gasteiger partial charge in [-0.3, -0.25) is 0 Å². The molecule has 6 nitrogen and oxygen atoms in total. The molecule has 1 aliphatic heterocycles. The van der Waals surface area contributed by atoms with Crippen molar-refractivity contribution in [3.8, 4) is 0 Å². The van der Waals surface area contributed by atoms with Gasteiger partial charge in [0.25, 0.3) is 0 Å². The number of rotatable bonds is 4. The first-order valence-electron chi connectivity index (χ1n) is 9.76. The lowest BCUT2D eigenvalue weighted by Gasteiger charge is -2.32. The van der Waals surface area contributed by atoms with Crippen molar-refractivity contribution in [2.45, 2.75) is 32.2 Å². The minimum atomic E-state index is -4.58. The van der Waals surface area contributed by atoms with E-state index in [4.69, 9.17) is 4.74 Å². The molecule has 1 aliphatic rings. The number of hydrogen-bond donors (Lipinski definition) is 0. The van der Waals surface area contributed by atoms with Crippen molar-refractivity contribution in [2.75, 3.05) is 13.1 Å². The van der Waals surface area contributed by atoms with E-state index in [1.807, 2.05) is 30.3 Å². The summed E-state index contributed by atoms with van der Waals surface area (Å²) in [7, 11) is 0. The molecule has 1 atom stereocenters. The van der Waals surface area contributed by atoms with E-state index < -0.39 is 18.1 Å². The van der Waals surface area contributed by atoms with Crippen LogP contribution in [0, 0.1) is 5.92 Å². The highest BCUT2D eigenvalue weighted by Crippen LogP contribution is 2.32. The molecule has 0 saturated carbocycles. The van der Waals surface area contributed by atoms with E-state index in [0.717, 1.165) is 10.1 Å². The Morgan fingerprint density at radius 3 is 2.73 bits per heavy atom. The van der Waals surface area contributed by atoms with Crippen LogP contribution in [0.15, 0.2) is 48.7 Å². The van der Waals surface area contributed by atoms with Crippen LogP contribution in [-0.4, -0.2) is 38.6 Å². The van der Waals surface area contributed by atoms with Crippen LogP contribution in [0.4, 0.5) is 18.0 Å². The van der Waals surface area contributed by atoms with Gasteiger partial charge in [0.05, 0.1) is 0 Å². The van der Waals surface area contributed by atoms with Crippen LogP contribution in [0.25, 0.3) is 11.2 Å². The minimum absolute atomic E-state index is 0.0881. The molecule has 9 heteroatoms. The molecule has 0 N–H and O–H groups in total. The summed E-state index contributed by atoms with van der Waals surface area (Å²) in [6.07, 6.45) is -2.16. The van der Waals surface area contributed by atoms with E-state index >= 15 is 0 Å². The highest BCUT2D eigenvalue weighted by atomic mass is 19.4. The largest absolute Gasteiger partial charge is 0.449 e. The Morgan fingerprint density at radius 2 is 1.97 bits per heavy atom.